The predicted molar refractivity (Wildman–Crippen MR) is 76.8 cm³/mol. The first-order valence-corrected chi connectivity index (χ1v) is 6.41. The molecule has 3 N–H and O–H groups in total. The second kappa shape index (κ2) is 6.24. The quantitative estimate of drug-likeness (QED) is 0.771. The lowest BCUT2D eigenvalue weighted by Gasteiger charge is -2.15. The van der Waals surface area contributed by atoms with Crippen molar-refractivity contribution in [1.82, 2.24) is 0 Å². The van der Waals surface area contributed by atoms with Gasteiger partial charge in [-0.2, -0.15) is 5.26 Å². The molecular formula is C15H21N3O. The Morgan fingerprint density at radius 1 is 1.47 bits per heavy atom. The third kappa shape index (κ3) is 4.63. The molecule has 0 spiro atoms. The number of hydrogen-bond donors (Lipinski definition) is 2. The molecule has 19 heavy (non-hydrogen) atoms. The van der Waals surface area contributed by atoms with Crippen LogP contribution in [0.2, 0.25) is 0 Å². The summed E-state index contributed by atoms with van der Waals surface area (Å²) in [5.41, 5.74) is 7.38. The largest absolute Gasteiger partial charge is 0.385 e. The number of carbonyl (C=O) groups is 1. The minimum atomic E-state index is -0.403. The van der Waals surface area contributed by atoms with E-state index in [2.05, 4.69) is 11.4 Å². The summed E-state index contributed by atoms with van der Waals surface area (Å²) in [6, 6.07) is 7.79. The van der Waals surface area contributed by atoms with Gasteiger partial charge in [0, 0.05) is 17.8 Å². The Balaban J connectivity index is 2.49. The number of nitrogens with two attached hydrogens (primary N) is 1. The number of amides is 1. The maximum absolute atomic E-state index is 11.1. The van der Waals surface area contributed by atoms with Crippen molar-refractivity contribution in [2.45, 2.75) is 33.6 Å². The van der Waals surface area contributed by atoms with E-state index in [1.165, 1.54) is 0 Å². The number of aryl methyl sites for hydroxylation is 1. The van der Waals surface area contributed by atoms with Crippen LogP contribution in [-0.2, 0) is 0 Å². The highest BCUT2D eigenvalue weighted by Gasteiger charge is 2.15. The third-order valence-electron chi connectivity index (χ3n) is 3.10. The van der Waals surface area contributed by atoms with Gasteiger partial charge in [0.05, 0.1) is 11.5 Å². The fourth-order valence-corrected chi connectivity index (χ4v) is 1.87. The lowest BCUT2D eigenvalue weighted by atomic mass is 9.90. The van der Waals surface area contributed by atoms with Gasteiger partial charge in [0.25, 0.3) is 0 Å². The number of carbonyl (C=O) groups excluding carboxylic acids is 1. The molecule has 4 nitrogen and oxygen atoms in total. The van der Waals surface area contributed by atoms with E-state index in [0.717, 1.165) is 30.6 Å². The normalized spacial score (nSPS) is 10.8. The standard InChI is InChI=1S/C15H21N3O/c1-11-9-12(5-6-13(11)14(17)19)18-8-4-7-15(2,3)10-16/h5-6,9,18H,4,7-8H2,1-3H3,(H2,17,19). The second-order valence-electron chi connectivity index (χ2n) is 5.42. The maximum atomic E-state index is 11.1. The Morgan fingerprint density at radius 2 is 2.16 bits per heavy atom. The van der Waals surface area contributed by atoms with Gasteiger partial charge in [-0.3, -0.25) is 4.79 Å². The molecule has 1 rings (SSSR count). The van der Waals surface area contributed by atoms with Gasteiger partial charge in [0.2, 0.25) is 5.91 Å². The van der Waals surface area contributed by atoms with Crippen LogP contribution >= 0.6 is 0 Å². The van der Waals surface area contributed by atoms with Crippen molar-refractivity contribution in [2.75, 3.05) is 11.9 Å². The van der Waals surface area contributed by atoms with Crippen LogP contribution in [0.5, 0.6) is 0 Å². The molecular weight excluding hydrogens is 238 g/mol. The predicted octanol–water partition coefficient (Wildman–Crippen LogP) is 2.84. The molecule has 1 aromatic carbocycles. The summed E-state index contributed by atoms with van der Waals surface area (Å²) in [4.78, 5) is 11.1. The first-order valence-electron chi connectivity index (χ1n) is 6.41. The van der Waals surface area contributed by atoms with Gasteiger partial charge in [-0.15, -0.1) is 0 Å². The molecule has 0 fully saturated rings. The summed E-state index contributed by atoms with van der Waals surface area (Å²) in [6.07, 6.45) is 1.78. The second-order valence-corrected chi connectivity index (χ2v) is 5.42. The molecule has 0 heterocycles. The van der Waals surface area contributed by atoms with Crippen molar-refractivity contribution < 1.29 is 4.79 Å². The molecule has 0 radical (unpaired) electrons. The fourth-order valence-electron chi connectivity index (χ4n) is 1.87. The molecule has 0 unspecified atom stereocenters. The minimum absolute atomic E-state index is 0.270. The SMILES string of the molecule is Cc1cc(NCCCC(C)(C)C#N)ccc1C(N)=O. The van der Waals surface area contributed by atoms with Gasteiger partial charge in [-0.05, 0) is 57.4 Å². The van der Waals surface area contributed by atoms with Crippen LogP contribution in [-0.4, -0.2) is 12.5 Å². The molecule has 4 heteroatoms. The van der Waals surface area contributed by atoms with Crippen molar-refractivity contribution in [1.29, 1.82) is 5.26 Å². The molecule has 102 valence electrons. The van der Waals surface area contributed by atoms with Crippen LogP contribution in [0.25, 0.3) is 0 Å². The summed E-state index contributed by atoms with van der Waals surface area (Å²) < 4.78 is 0. The van der Waals surface area contributed by atoms with Crippen LogP contribution < -0.4 is 11.1 Å². The number of primary amides is 1. The van der Waals surface area contributed by atoms with Crippen LogP contribution in [0.1, 0.15) is 42.6 Å². The molecule has 0 bridgehead atoms. The van der Waals surface area contributed by atoms with Crippen molar-refractivity contribution in [2.24, 2.45) is 11.1 Å². The van der Waals surface area contributed by atoms with E-state index in [9.17, 15) is 4.79 Å². The van der Waals surface area contributed by atoms with E-state index in [0.29, 0.717) is 5.56 Å². The highest BCUT2D eigenvalue weighted by Crippen LogP contribution is 2.21. The monoisotopic (exact) mass is 259 g/mol. The van der Waals surface area contributed by atoms with Crippen LogP contribution in [0.4, 0.5) is 5.69 Å². The topological polar surface area (TPSA) is 78.9 Å². The number of nitrogens with one attached hydrogen (secondary N) is 1. The molecule has 1 amide bonds. The van der Waals surface area contributed by atoms with Crippen molar-refractivity contribution >= 4 is 11.6 Å². The first kappa shape index (κ1) is 15.0. The zero-order chi connectivity index (χ0) is 14.5. The highest BCUT2D eigenvalue weighted by atomic mass is 16.1. The Hall–Kier alpha value is -2.02. The number of nitrogens with zero attached hydrogens (tertiary/aromatic N) is 1. The number of nitriles is 1. The number of rotatable bonds is 6. The minimum Gasteiger partial charge on any atom is -0.385 e. The third-order valence-corrected chi connectivity index (χ3v) is 3.10. The summed E-state index contributed by atoms with van der Waals surface area (Å²) in [5.74, 6) is -0.403. The molecule has 0 aliphatic heterocycles. The molecule has 0 saturated carbocycles. The van der Waals surface area contributed by atoms with E-state index >= 15 is 0 Å². The average molecular weight is 259 g/mol. The fraction of sp³-hybridized carbons (Fsp3) is 0.467. The summed E-state index contributed by atoms with van der Waals surface area (Å²) >= 11 is 0. The summed E-state index contributed by atoms with van der Waals surface area (Å²) in [6.45, 7) is 6.56. The molecule has 0 aliphatic carbocycles. The molecule has 0 atom stereocenters. The van der Waals surface area contributed by atoms with E-state index in [-0.39, 0.29) is 5.41 Å². The number of anilines is 1. The summed E-state index contributed by atoms with van der Waals surface area (Å²) in [7, 11) is 0. The molecule has 0 aromatic heterocycles. The van der Waals surface area contributed by atoms with E-state index < -0.39 is 5.91 Å². The van der Waals surface area contributed by atoms with Crippen molar-refractivity contribution in [3.8, 4) is 6.07 Å². The molecule has 1 aromatic rings. The van der Waals surface area contributed by atoms with Gasteiger partial charge in [0.15, 0.2) is 0 Å². The van der Waals surface area contributed by atoms with Gasteiger partial charge in [-0.25, -0.2) is 0 Å². The maximum Gasteiger partial charge on any atom is 0.248 e. The Morgan fingerprint density at radius 3 is 2.68 bits per heavy atom. The van der Waals surface area contributed by atoms with Gasteiger partial charge in [-0.1, -0.05) is 0 Å². The first-order chi connectivity index (χ1) is 8.85. The zero-order valence-electron chi connectivity index (χ0n) is 11.8. The molecule has 0 saturated heterocycles. The number of benzene rings is 1. The van der Waals surface area contributed by atoms with Crippen molar-refractivity contribution in [3.63, 3.8) is 0 Å². The van der Waals surface area contributed by atoms with Gasteiger partial charge in [0.1, 0.15) is 0 Å². The Kier molecular flexibility index (Phi) is 4.94. The van der Waals surface area contributed by atoms with Gasteiger partial charge < -0.3 is 11.1 Å². The van der Waals surface area contributed by atoms with Crippen LogP contribution in [0.3, 0.4) is 0 Å². The Bertz CT molecular complexity index is 501. The van der Waals surface area contributed by atoms with E-state index in [1.807, 2.05) is 32.9 Å². The summed E-state index contributed by atoms with van der Waals surface area (Å²) in [5, 5.41) is 12.2. The highest BCUT2D eigenvalue weighted by molar-refractivity contribution is 5.94. The number of hydrogen-bond acceptors (Lipinski definition) is 3. The van der Waals surface area contributed by atoms with Crippen molar-refractivity contribution in [3.05, 3.63) is 29.3 Å². The van der Waals surface area contributed by atoms with Crippen LogP contribution in [0, 0.1) is 23.7 Å². The Labute approximate surface area is 114 Å². The van der Waals surface area contributed by atoms with Gasteiger partial charge >= 0.3 is 0 Å². The van der Waals surface area contributed by atoms with E-state index in [4.69, 9.17) is 11.0 Å². The van der Waals surface area contributed by atoms with Crippen LogP contribution in [0.15, 0.2) is 18.2 Å². The molecule has 0 aliphatic rings. The lowest BCUT2D eigenvalue weighted by molar-refractivity contribution is 0.1000. The average Bonchev–Trinajstić information content (AvgIpc) is 2.34. The van der Waals surface area contributed by atoms with E-state index in [1.54, 1.807) is 6.07 Å². The smallest absolute Gasteiger partial charge is 0.248 e. The zero-order valence-corrected chi connectivity index (χ0v) is 11.8. The lowest BCUT2D eigenvalue weighted by Crippen LogP contribution is -2.13.